The van der Waals surface area contributed by atoms with E-state index < -0.39 is 0 Å². The molecule has 2 atom stereocenters. The molecule has 1 aliphatic rings. The minimum absolute atomic E-state index is 0.0575. The molecule has 0 aromatic carbocycles. The molecule has 1 rings (SSSR count). The van der Waals surface area contributed by atoms with Crippen molar-refractivity contribution in [1.82, 2.24) is 10.2 Å². The van der Waals surface area contributed by atoms with E-state index in [4.69, 9.17) is 0 Å². The zero-order chi connectivity index (χ0) is 11.4. The molecule has 1 N–H and O–H groups in total. The third-order valence-corrected chi connectivity index (χ3v) is 2.98. The Kier molecular flexibility index (Phi) is 4.27. The molecule has 1 amide bonds. The van der Waals surface area contributed by atoms with Gasteiger partial charge in [-0.15, -0.1) is 0 Å². The van der Waals surface area contributed by atoms with Crippen molar-refractivity contribution in [3.8, 4) is 0 Å². The minimum atomic E-state index is -0.202. The Labute approximate surface area is 91.0 Å². The summed E-state index contributed by atoms with van der Waals surface area (Å²) in [7, 11) is 1.79. The maximum Gasteiger partial charge on any atom is 0.240 e. The Bertz CT molecular complexity index is 241. The van der Waals surface area contributed by atoms with Crippen molar-refractivity contribution < 1.29 is 9.59 Å². The lowest BCUT2D eigenvalue weighted by Gasteiger charge is -2.27. The van der Waals surface area contributed by atoms with Gasteiger partial charge in [0.25, 0.3) is 0 Å². The maximum absolute atomic E-state index is 12.1. The van der Waals surface area contributed by atoms with Gasteiger partial charge in [-0.05, 0) is 25.8 Å². The number of nitrogens with one attached hydrogen (secondary N) is 1. The number of amides is 1. The third-order valence-electron chi connectivity index (χ3n) is 2.98. The van der Waals surface area contributed by atoms with Gasteiger partial charge in [0.05, 0.1) is 12.1 Å². The van der Waals surface area contributed by atoms with Gasteiger partial charge in [-0.3, -0.25) is 4.79 Å². The Hall–Kier alpha value is -0.900. The highest BCUT2D eigenvalue weighted by molar-refractivity contribution is 5.85. The molecule has 1 saturated heterocycles. The summed E-state index contributed by atoms with van der Waals surface area (Å²) in [6, 6.07) is -0.377. The quantitative estimate of drug-likeness (QED) is 0.687. The Morgan fingerprint density at radius 3 is 2.67 bits per heavy atom. The fourth-order valence-corrected chi connectivity index (χ4v) is 2.13. The van der Waals surface area contributed by atoms with Crippen LogP contribution in [0, 0.1) is 5.92 Å². The van der Waals surface area contributed by atoms with Crippen LogP contribution in [-0.4, -0.2) is 42.8 Å². The Morgan fingerprint density at radius 2 is 2.20 bits per heavy atom. The van der Waals surface area contributed by atoms with Crippen LogP contribution in [0.1, 0.15) is 26.7 Å². The van der Waals surface area contributed by atoms with Gasteiger partial charge in [-0.2, -0.15) is 0 Å². The van der Waals surface area contributed by atoms with E-state index in [0.29, 0.717) is 6.54 Å². The normalized spacial score (nSPS) is 23.2. The number of likely N-dealkylation sites (N-methyl/N-ethyl adjacent to an activating group) is 1. The predicted octanol–water partition coefficient (Wildman–Crippen LogP) is 0.420. The maximum atomic E-state index is 12.1. The summed E-state index contributed by atoms with van der Waals surface area (Å²) in [5.41, 5.74) is 0. The molecule has 0 saturated carbocycles. The highest BCUT2D eigenvalue weighted by Gasteiger charge is 2.33. The number of aldehydes is 1. The summed E-state index contributed by atoms with van der Waals surface area (Å²) in [5, 5.41) is 3.02. The summed E-state index contributed by atoms with van der Waals surface area (Å²) < 4.78 is 0. The number of carbonyl (C=O) groups excluding carboxylic acids is 2. The van der Waals surface area contributed by atoms with Crippen molar-refractivity contribution in [2.24, 2.45) is 5.92 Å². The van der Waals surface area contributed by atoms with E-state index in [2.05, 4.69) is 5.32 Å². The molecule has 15 heavy (non-hydrogen) atoms. The van der Waals surface area contributed by atoms with Crippen LogP contribution in [0.5, 0.6) is 0 Å². The van der Waals surface area contributed by atoms with Crippen molar-refractivity contribution in [3.63, 3.8) is 0 Å². The first kappa shape index (κ1) is 12.2. The SMILES string of the molecule is CN[C@H](C(=O)N1CCC[C@H]1C=O)C(C)C. The lowest BCUT2D eigenvalue weighted by Crippen LogP contribution is -2.50. The first-order valence-electron chi connectivity index (χ1n) is 5.54. The van der Waals surface area contributed by atoms with Crippen molar-refractivity contribution in [2.75, 3.05) is 13.6 Å². The van der Waals surface area contributed by atoms with Gasteiger partial charge in [0.15, 0.2) is 0 Å². The van der Waals surface area contributed by atoms with Gasteiger partial charge in [0, 0.05) is 6.54 Å². The lowest BCUT2D eigenvalue weighted by atomic mass is 10.0. The molecule has 0 aromatic rings. The van der Waals surface area contributed by atoms with Crippen LogP contribution in [-0.2, 0) is 9.59 Å². The van der Waals surface area contributed by atoms with E-state index in [-0.39, 0.29) is 23.9 Å². The molecule has 1 aliphatic heterocycles. The summed E-state index contributed by atoms with van der Waals surface area (Å²) in [5.74, 6) is 0.303. The standard InChI is InChI=1S/C11H20N2O2/c1-8(2)10(12-3)11(15)13-6-4-5-9(13)7-14/h7-10,12H,4-6H2,1-3H3/t9-,10-/m0/s1. The lowest BCUT2D eigenvalue weighted by molar-refractivity contribution is -0.137. The second kappa shape index (κ2) is 5.26. The highest BCUT2D eigenvalue weighted by Crippen LogP contribution is 2.18. The van der Waals surface area contributed by atoms with Crippen molar-refractivity contribution in [3.05, 3.63) is 0 Å². The molecular weight excluding hydrogens is 192 g/mol. The topological polar surface area (TPSA) is 49.4 Å². The molecule has 0 aliphatic carbocycles. The van der Waals surface area contributed by atoms with Crippen LogP contribution in [0.4, 0.5) is 0 Å². The molecule has 0 aromatic heterocycles. The molecule has 0 bridgehead atoms. The van der Waals surface area contributed by atoms with Crippen LogP contribution in [0.15, 0.2) is 0 Å². The molecule has 86 valence electrons. The molecular formula is C11H20N2O2. The fraction of sp³-hybridized carbons (Fsp3) is 0.818. The summed E-state index contributed by atoms with van der Waals surface area (Å²) >= 11 is 0. The number of carbonyl (C=O) groups is 2. The van der Waals surface area contributed by atoms with Crippen LogP contribution < -0.4 is 5.32 Å². The second-order valence-corrected chi connectivity index (χ2v) is 4.39. The fourth-order valence-electron chi connectivity index (χ4n) is 2.13. The van der Waals surface area contributed by atoms with Gasteiger partial charge in [0.2, 0.25) is 5.91 Å². The molecule has 4 heteroatoms. The second-order valence-electron chi connectivity index (χ2n) is 4.39. The molecule has 0 spiro atoms. The van der Waals surface area contributed by atoms with Gasteiger partial charge < -0.3 is 15.0 Å². The van der Waals surface area contributed by atoms with Crippen LogP contribution >= 0.6 is 0 Å². The monoisotopic (exact) mass is 212 g/mol. The predicted molar refractivity (Wildman–Crippen MR) is 58.5 cm³/mol. The molecule has 4 nitrogen and oxygen atoms in total. The molecule has 0 radical (unpaired) electrons. The van der Waals surface area contributed by atoms with Crippen LogP contribution in [0.3, 0.4) is 0 Å². The number of hydrogen-bond donors (Lipinski definition) is 1. The molecule has 0 unspecified atom stereocenters. The van der Waals surface area contributed by atoms with Crippen molar-refractivity contribution >= 4 is 12.2 Å². The van der Waals surface area contributed by atoms with E-state index in [9.17, 15) is 9.59 Å². The Morgan fingerprint density at radius 1 is 1.53 bits per heavy atom. The zero-order valence-corrected chi connectivity index (χ0v) is 9.69. The summed E-state index contributed by atoms with van der Waals surface area (Å²) in [6.45, 7) is 4.73. The third kappa shape index (κ3) is 2.56. The van der Waals surface area contributed by atoms with Crippen LogP contribution in [0.2, 0.25) is 0 Å². The molecule has 1 fully saturated rings. The largest absolute Gasteiger partial charge is 0.332 e. The Balaban J connectivity index is 2.69. The van der Waals surface area contributed by atoms with E-state index in [1.54, 1.807) is 11.9 Å². The molecule has 1 heterocycles. The van der Waals surface area contributed by atoms with Gasteiger partial charge in [-0.1, -0.05) is 13.8 Å². The van der Waals surface area contributed by atoms with E-state index in [0.717, 1.165) is 19.1 Å². The zero-order valence-electron chi connectivity index (χ0n) is 9.69. The highest BCUT2D eigenvalue weighted by atomic mass is 16.2. The van der Waals surface area contributed by atoms with Crippen molar-refractivity contribution in [1.29, 1.82) is 0 Å². The minimum Gasteiger partial charge on any atom is -0.332 e. The first-order chi connectivity index (χ1) is 7.11. The average molecular weight is 212 g/mol. The number of rotatable bonds is 4. The van der Waals surface area contributed by atoms with Crippen LogP contribution in [0.25, 0.3) is 0 Å². The number of likely N-dealkylation sites (tertiary alicyclic amines) is 1. The number of hydrogen-bond acceptors (Lipinski definition) is 3. The van der Waals surface area contributed by atoms with Gasteiger partial charge in [0.1, 0.15) is 6.29 Å². The van der Waals surface area contributed by atoms with E-state index in [1.807, 2.05) is 13.8 Å². The van der Waals surface area contributed by atoms with Gasteiger partial charge in [-0.25, -0.2) is 0 Å². The number of nitrogens with zero attached hydrogens (tertiary/aromatic N) is 1. The summed E-state index contributed by atoms with van der Waals surface area (Å²) in [6.07, 6.45) is 2.63. The average Bonchev–Trinajstić information content (AvgIpc) is 2.65. The summed E-state index contributed by atoms with van der Waals surface area (Å²) in [4.78, 5) is 24.6. The first-order valence-corrected chi connectivity index (χ1v) is 5.54. The van der Waals surface area contributed by atoms with E-state index in [1.165, 1.54) is 0 Å². The smallest absolute Gasteiger partial charge is 0.240 e. The van der Waals surface area contributed by atoms with Gasteiger partial charge >= 0.3 is 0 Å². The van der Waals surface area contributed by atoms with Crippen molar-refractivity contribution in [2.45, 2.75) is 38.8 Å². The van der Waals surface area contributed by atoms with E-state index >= 15 is 0 Å².